The van der Waals surface area contributed by atoms with E-state index in [1.54, 1.807) is 24.3 Å². The number of guanidine groups is 1. The van der Waals surface area contributed by atoms with Gasteiger partial charge in [-0.05, 0) is 19.2 Å². The summed E-state index contributed by atoms with van der Waals surface area (Å²) in [5, 5.41) is 0. The molecule has 1 fully saturated rings. The van der Waals surface area contributed by atoms with E-state index < -0.39 is 10.0 Å². The zero-order valence-electron chi connectivity index (χ0n) is 11.1. The molecule has 2 aliphatic rings. The molecule has 1 saturated heterocycles. The van der Waals surface area contributed by atoms with Crippen LogP contribution in [-0.4, -0.2) is 57.4 Å². The summed E-state index contributed by atoms with van der Waals surface area (Å²) in [5.41, 5.74) is 0.509. The summed E-state index contributed by atoms with van der Waals surface area (Å²) in [6.07, 6.45) is 0. The highest BCUT2D eigenvalue weighted by atomic mass is 35.5. The standard InChI is InChI=1S/C12H16N4O2S.ClH/c1-15-6-8-16(9-7-15)12-13-10-4-2-3-5-11(10)19(17,18)14-12;/h2-5H,6-9H2,1H3,(H,13,14);1H. The number of benzene rings is 1. The van der Waals surface area contributed by atoms with Crippen LogP contribution in [-0.2, 0) is 10.0 Å². The molecule has 0 aliphatic carbocycles. The van der Waals surface area contributed by atoms with Gasteiger partial charge in [-0.15, -0.1) is 12.4 Å². The highest BCUT2D eigenvalue weighted by Gasteiger charge is 2.28. The highest BCUT2D eigenvalue weighted by molar-refractivity contribution is 7.90. The van der Waals surface area contributed by atoms with Crippen LogP contribution in [0.3, 0.4) is 0 Å². The van der Waals surface area contributed by atoms with Crippen LogP contribution in [0.5, 0.6) is 0 Å². The maximum atomic E-state index is 12.2. The third-order valence-electron chi connectivity index (χ3n) is 3.41. The SMILES string of the molecule is CN1CCN(C2=Nc3ccccc3S(=O)(=O)N2)CC1.Cl. The van der Waals surface area contributed by atoms with Gasteiger partial charge < -0.3 is 9.80 Å². The zero-order valence-corrected chi connectivity index (χ0v) is 12.7. The summed E-state index contributed by atoms with van der Waals surface area (Å²) in [4.78, 5) is 8.86. The summed E-state index contributed by atoms with van der Waals surface area (Å²) in [6, 6.07) is 6.80. The fourth-order valence-corrected chi connectivity index (χ4v) is 3.41. The van der Waals surface area contributed by atoms with Gasteiger partial charge in [0.15, 0.2) is 0 Å². The molecule has 0 bridgehead atoms. The Morgan fingerprint density at radius 3 is 2.50 bits per heavy atom. The normalized spacial score (nSPS) is 21.2. The van der Waals surface area contributed by atoms with Crippen LogP contribution >= 0.6 is 12.4 Å². The number of halogens is 1. The maximum Gasteiger partial charge on any atom is 0.266 e. The number of sulfonamides is 1. The monoisotopic (exact) mass is 316 g/mol. The zero-order chi connectivity index (χ0) is 13.5. The maximum absolute atomic E-state index is 12.2. The summed E-state index contributed by atoms with van der Waals surface area (Å²) >= 11 is 0. The van der Waals surface area contributed by atoms with Crippen molar-refractivity contribution in [1.82, 2.24) is 14.5 Å². The first kappa shape index (κ1) is 15.1. The minimum atomic E-state index is -3.49. The van der Waals surface area contributed by atoms with Gasteiger partial charge in [0.1, 0.15) is 4.90 Å². The molecule has 0 saturated carbocycles. The Labute approximate surface area is 124 Å². The molecule has 2 heterocycles. The number of hydrogen-bond acceptors (Lipinski definition) is 5. The molecule has 6 nitrogen and oxygen atoms in total. The van der Waals surface area contributed by atoms with Crippen LogP contribution in [0.4, 0.5) is 5.69 Å². The van der Waals surface area contributed by atoms with E-state index in [0.717, 1.165) is 26.2 Å². The van der Waals surface area contributed by atoms with Gasteiger partial charge in [-0.2, -0.15) is 0 Å². The second kappa shape index (κ2) is 5.59. The number of para-hydroxylation sites is 1. The van der Waals surface area contributed by atoms with Gasteiger partial charge in [-0.25, -0.2) is 18.1 Å². The molecule has 0 unspecified atom stereocenters. The molecular weight excluding hydrogens is 300 g/mol. The van der Waals surface area contributed by atoms with E-state index in [9.17, 15) is 8.42 Å². The lowest BCUT2D eigenvalue weighted by Crippen LogP contribution is -2.53. The fourth-order valence-electron chi connectivity index (χ4n) is 2.24. The van der Waals surface area contributed by atoms with Gasteiger partial charge in [0.2, 0.25) is 5.96 Å². The molecule has 0 atom stereocenters. The highest BCUT2D eigenvalue weighted by Crippen LogP contribution is 2.27. The minimum absolute atomic E-state index is 0. The van der Waals surface area contributed by atoms with E-state index >= 15 is 0 Å². The van der Waals surface area contributed by atoms with E-state index in [1.807, 2.05) is 4.90 Å². The van der Waals surface area contributed by atoms with Crippen molar-refractivity contribution in [1.29, 1.82) is 0 Å². The molecule has 3 rings (SSSR count). The van der Waals surface area contributed by atoms with Crippen LogP contribution in [0.25, 0.3) is 0 Å². The van der Waals surface area contributed by atoms with E-state index in [4.69, 9.17) is 0 Å². The number of aliphatic imine (C=N–C) groups is 1. The van der Waals surface area contributed by atoms with Crippen molar-refractivity contribution in [3.05, 3.63) is 24.3 Å². The van der Waals surface area contributed by atoms with Crippen molar-refractivity contribution >= 4 is 34.1 Å². The summed E-state index contributed by atoms with van der Waals surface area (Å²) in [7, 11) is -1.44. The lowest BCUT2D eigenvalue weighted by molar-refractivity contribution is 0.213. The third-order valence-corrected chi connectivity index (χ3v) is 4.79. The number of piperazine rings is 1. The van der Waals surface area contributed by atoms with Gasteiger partial charge in [0, 0.05) is 26.2 Å². The van der Waals surface area contributed by atoms with E-state index in [2.05, 4.69) is 21.7 Å². The third kappa shape index (κ3) is 2.74. The summed E-state index contributed by atoms with van der Waals surface area (Å²) in [6.45, 7) is 3.37. The molecule has 1 N–H and O–H groups in total. The molecule has 0 radical (unpaired) electrons. The lowest BCUT2D eigenvalue weighted by Gasteiger charge is -2.35. The molecule has 1 aromatic rings. The average molecular weight is 317 g/mol. The molecule has 0 amide bonds. The largest absolute Gasteiger partial charge is 0.339 e. The van der Waals surface area contributed by atoms with Crippen molar-refractivity contribution < 1.29 is 8.42 Å². The molecule has 8 heteroatoms. The Hall–Kier alpha value is -1.31. The van der Waals surface area contributed by atoms with Crippen molar-refractivity contribution in [3.63, 3.8) is 0 Å². The fraction of sp³-hybridized carbons (Fsp3) is 0.417. The van der Waals surface area contributed by atoms with Crippen LogP contribution in [0.2, 0.25) is 0 Å². The Morgan fingerprint density at radius 2 is 1.80 bits per heavy atom. The van der Waals surface area contributed by atoms with Crippen molar-refractivity contribution in [2.24, 2.45) is 4.99 Å². The first-order valence-electron chi connectivity index (χ1n) is 6.20. The molecular formula is C12H17ClN4O2S. The summed E-state index contributed by atoms with van der Waals surface area (Å²) in [5.74, 6) is 0.437. The predicted molar refractivity (Wildman–Crippen MR) is 80.2 cm³/mol. The predicted octanol–water partition coefficient (Wildman–Crippen LogP) is 0.635. The lowest BCUT2D eigenvalue weighted by atomic mass is 10.3. The second-order valence-corrected chi connectivity index (χ2v) is 6.45. The van der Waals surface area contributed by atoms with E-state index in [0.29, 0.717) is 11.6 Å². The Balaban J connectivity index is 0.00000147. The van der Waals surface area contributed by atoms with Crippen LogP contribution in [0.1, 0.15) is 0 Å². The number of likely N-dealkylation sites (N-methyl/N-ethyl adjacent to an activating group) is 1. The Morgan fingerprint density at radius 1 is 1.15 bits per heavy atom. The van der Waals surface area contributed by atoms with Crippen molar-refractivity contribution in [2.45, 2.75) is 4.90 Å². The number of hydrogen-bond donors (Lipinski definition) is 1. The van der Waals surface area contributed by atoms with Gasteiger partial charge >= 0.3 is 0 Å². The Kier molecular flexibility index (Phi) is 4.22. The first-order valence-corrected chi connectivity index (χ1v) is 7.69. The molecule has 110 valence electrons. The minimum Gasteiger partial charge on any atom is -0.339 e. The van der Waals surface area contributed by atoms with Crippen LogP contribution in [0, 0.1) is 0 Å². The van der Waals surface area contributed by atoms with Crippen molar-refractivity contribution in [2.75, 3.05) is 33.2 Å². The first-order chi connectivity index (χ1) is 9.06. The number of nitrogens with one attached hydrogen (secondary N) is 1. The van der Waals surface area contributed by atoms with Gasteiger partial charge in [0.05, 0.1) is 5.69 Å². The number of rotatable bonds is 0. The quantitative estimate of drug-likeness (QED) is 0.763. The van der Waals surface area contributed by atoms with Gasteiger partial charge in [-0.1, -0.05) is 12.1 Å². The average Bonchev–Trinajstić information content (AvgIpc) is 2.39. The van der Waals surface area contributed by atoms with Gasteiger partial charge in [0.25, 0.3) is 10.0 Å². The number of nitrogens with zero attached hydrogens (tertiary/aromatic N) is 3. The second-order valence-electron chi connectivity index (χ2n) is 4.80. The van der Waals surface area contributed by atoms with Crippen molar-refractivity contribution in [3.8, 4) is 0 Å². The number of fused-ring (bicyclic) bond motifs is 1. The smallest absolute Gasteiger partial charge is 0.266 e. The molecule has 0 spiro atoms. The van der Waals surface area contributed by atoms with E-state index in [1.165, 1.54) is 0 Å². The molecule has 2 aliphatic heterocycles. The summed E-state index contributed by atoms with van der Waals surface area (Å²) < 4.78 is 26.9. The van der Waals surface area contributed by atoms with Gasteiger partial charge in [-0.3, -0.25) is 0 Å². The van der Waals surface area contributed by atoms with Crippen LogP contribution in [0.15, 0.2) is 34.2 Å². The molecule has 20 heavy (non-hydrogen) atoms. The van der Waals surface area contributed by atoms with E-state index in [-0.39, 0.29) is 17.3 Å². The van der Waals surface area contributed by atoms with Crippen LogP contribution < -0.4 is 4.72 Å². The molecule has 1 aromatic carbocycles. The molecule has 0 aromatic heterocycles. The topological polar surface area (TPSA) is 65.0 Å². The Bertz CT molecular complexity index is 624.